The molecule has 1 aliphatic heterocycles. The number of methoxy groups -OCH3 is 1. The predicted octanol–water partition coefficient (Wildman–Crippen LogP) is 3.10. The number of benzene rings is 2. The first-order chi connectivity index (χ1) is 16.5. The third kappa shape index (κ3) is 3.99. The van der Waals surface area contributed by atoms with Crippen LogP contribution in [-0.4, -0.2) is 64.0 Å². The lowest BCUT2D eigenvalue weighted by atomic mass is 10.1. The summed E-state index contributed by atoms with van der Waals surface area (Å²) >= 11 is 0. The van der Waals surface area contributed by atoms with E-state index < -0.39 is 5.97 Å². The Hall–Kier alpha value is -4.18. The number of nitrogens with one attached hydrogen (secondary N) is 1. The number of morpholine rings is 1. The molecule has 1 fully saturated rings. The molecule has 174 valence electrons. The van der Waals surface area contributed by atoms with Crippen molar-refractivity contribution in [2.45, 2.75) is 0 Å². The molecule has 2 aromatic heterocycles. The minimum Gasteiger partial charge on any atom is -0.492 e. The van der Waals surface area contributed by atoms with Gasteiger partial charge in [0.25, 0.3) is 0 Å². The van der Waals surface area contributed by atoms with Gasteiger partial charge in [-0.2, -0.15) is 4.98 Å². The smallest absolute Gasteiger partial charge is 0.360 e. The molecular formula is C24H24N6O4. The highest BCUT2D eigenvalue weighted by molar-refractivity contribution is 5.97. The molecule has 0 radical (unpaired) electrons. The number of aryl methyl sites for hydroxylation is 1. The summed E-state index contributed by atoms with van der Waals surface area (Å²) in [6.07, 6.45) is 1.68. The van der Waals surface area contributed by atoms with Crippen molar-refractivity contribution in [3.8, 4) is 17.1 Å². The van der Waals surface area contributed by atoms with Gasteiger partial charge < -0.3 is 29.4 Å². The van der Waals surface area contributed by atoms with E-state index in [1.165, 1.54) is 7.11 Å². The lowest BCUT2D eigenvalue weighted by molar-refractivity contribution is 0.0595. The second-order valence-corrected chi connectivity index (χ2v) is 7.88. The quantitative estimate of drug-likeness (QED) is 0.434. The molecule has 2 aromatic carbocycles. The number of aromatic nitrogens is 4. The zero-order valence-electron chi connectivity index (χ0n) is 18.9. The first kappa shape index (κ1) is 21.7. The molecule has 10 nitrogen and oxygen atoms in total. The van der Waals surface area contributed by atoms with E-state index in [0.717, 1.165) is 24.3 Å². The van der Waals surface area contributed by atoms with Gasteiger partial charge in [0.1, 0.15) is 5.69 Å². The summed E-state index contributed by atoms with van der Waals surface area (Å²) in [5.74, 6) is -0.895. The van der Waals surface area contributed by atoms with Gasteiger partial charge in [0, 0.05) is 37.1 Å². The van der Waals surface area contributed by atoms with Gasteiger partial charge in [-0.3, -0.25) is 0 Å². The minimum atomic E-state index is -0.672. The summed E-state index contributed by atoms with van der Waals surface area (Å²) in [5.41, 5.74) is 3.95. The number of carbonyl (C=O) groups is 1. The number of nitrogens with zero attached hydrogens (tertiary/aromatic N) is 5. The summed E-state index contributed by atoms with van der Waals surface area (Å²) in [5, 5.41) is 13.8. The molecule has 0 atom stereocenters. The van der Waals surface area contributed by atoms with E-state index in [1.807, 2.05) is 48.0 Å². The average molecular weight is 460 g/mol. The molecule has 2 N–H and O–H groups in total. The fraction of sp³-hybridized carbons (Fsp3) is 0.250. The molecule has 5 rings (SSSR count). The van der Waals surface area contributed by atoms with E-state index >= 15 is 0 Å². The standard InChI is InChI=1S/C24H24N6O4/c1-29-14-25-19-17(4-3-5-18(19)29)20-23(31)28-22(21(27-20)24(32)33-2)26-15-6-8-16(9-7-15)30-10-12-34-13-11-30/h3-9,14H,10-13H2,1-2H3,(H2,26,28,31). The van der Waals surface area contributed by atoms with Crippen LogP contribution in [0.2, 0.25) is 0 Å². The molecule has 0 saturated carbocycles. The van der Waals surface area contributed by atoms with Crippen molar-refractivity contribution < 1.29 is 19.4 Å². The van der Waals surface area contributed by atoms with Crippen LogP contribution in [0.25, 0.3) is 22.3 Å². The van der Waals surface area contributed by atoms with Crippen LogP contribution in [0.5, 0.6) is 5.88 Å². The normalized spacial score (nSPS) is 13.8. The second kappa shape index (κ2) is 8.99. The molecule has 0 aliphatic carbocycles. The van der Waals surface area contributed by atoms with E-state index in [4.69, 9.17) is 9.47 Å². The summed E-state index contributed by atoms with van der Waals surface area (Å²) in [7, 11) is 3.15. The molecule has 1 aliphatic rings. The largest absolute Gasteiger partial charge is 0.492 e. The van der Waals surface area contributed by atoms with Crippen LogP contribution in [-0.2, 0) is 16.5 Å². The van der Waals surface area contributed by atoms with Crippen LogP contribution in [0, 0.1) is 0 Å². The Balaban J connectivity index is 1.50. The zero-order valence-corrected chi connectivity index (χ0v) is 18.9. The van der Waals surface area contributed by atoms with Gasteiger partial charge in [-0.15, -0.1) is 0 Å². The first-order valence-electron chi connectivity index (χ1n) is 10.8. The Bertz CT molecular complexity index is 1350. The Morgan fingerprint density at radius 3 is 2.62 bits per heavy atom. The highest BCUT2D eigenvalue weighted by atomic mass is 16.5. The molecule has 4 aromatic rings. The SMILES string of the molecule is COC(=O)c1nc(-c2cccc3c2ncn3C)c(O)nc1Nc1ccc(N2CCOCC2)cc1. The number of hydrogen-bond donors (Lipinski definition) is 2. The van der Waals surface area contributed by atoms with Crippen LogP contribution in [0.1, 0.15) is 10.5 Å². The Kier molecular flexibility index (Phi) is 5.72. The van der Waals surface area contributed by atoms with Gasteiger partial charge in [-0.1, -0.05) is 12.1 Å². The van der Waals surface area contributed by atoms with Crippen molar-refractivity contribution in [1.29, 1.82) is 0 Å². The molecule has 0 spiro atoms. The van der Waals surface area contributed by atoms with Crippen LogP contribution >= 0.6 is 0 Å². The number of hydrogen-bond acceptors (Lipinski definition) is 9. The van der Waals surface area contributed by atoms with E-state index in [9.17, 15) is 9.90 Å². The second-order valence-electron chi connectivity index (χ2n) is 7.88. The third-order valence-electron chi connectivity index (χ3n) is 5.77. The number of imidazole rings is 1. The number of fused-ring (bicyclic) bond motifs is 1. The molecule has 34 heavy (non-hydrogen) atoms. The number of carbonyl (C=O) groups excluding carboxylic acids is 1. The number of para-hydroxylation sites is 1. The first-order valence-corrected chi connectivity index (χ1v) is 10.8. The number of esters is 1. The van der Waals surface area contributed by atoms with Crippen molar-refractivity contribution in [2.24, 2.45) is 7.05 Å². The van der Waals surface area contributed by atoms with E-state index in [1.54, 1.807) is 12.4 Å². The van der Waals surface area contributed by atoms with Crippen LogP contribution in [0.3, 0.4) is 0 Å². The maximum atomic E-state index is 12.6. The lowest BCUT2D eigenvalue weighted by Gasteiger charge is -2.28. The summed E-state index contributed by atoms with van der Waals surface area (Å²) in [4.78, 5) is 27.9. The predicted molar refractivity (Wildman–Crippen MR) is 128 cm³/mol. The molecule has 0 bridgehead atoms. The highest BCUT2D eigenvalue weighted by Crippen LogP contribution is 2.34. The lowest BCUT2D eigenvalue weighted by Crippen LogP contribution is -2.36. The van der Waals surface area contributed by atoms with Gasteiger partial charge in [0.2, 0.25) is 5.88 Å². The summed E-state index contributed by atoms with van der Waals surface area (Å²) < 4.78 is 12.2. The van der Waals surface area contributed by atoms with Gasteiger partial charge in [-0.25, -0.2) is 14.8 Å². The number of aromatic hydroxyl groups is 1. The van der Waals surface area contributed by atoms with Crippen molar-refractivity contribution in [1.82, 2.24) is 19.5 Å². The van der Waals surface area contributed by atoms with Crippen molar-refractivity contribution in [3.05, 3.63) is 54.5 Å². The fourth-order valence-electron chi connectivity index (χ4n) is 4.00. The fourth-order valence-corrected chi connectivity index (χ4v) is 4.00. The van der Waals surface area contributed by atoms with Gasteiger partial charge in [0.05, 0.1) is 37.7 Å². The highest BCUT2D eigenvalue weighted by Gasteiger charge is 2.23. The van der Waals surface area contributed by atoms with Crippen LogP contribution in [0.15, 0.2) is 48.8 Å². The van der Waals surface area contributed by atoms with Crippen molar-refractivity contribution in [3.63, 3.8) is 0 Å². The van der Waals surface area contributed by atoms with Crippen molar-refractivity contribution >= 4 is 34.2 Å². The van der Waals surface area contributed by atoms with Gasteiger partial charge in [0.15, 0.2) is 11.5 Å². The number of rotatable bonds is 5. The summed E-state index contributed by atoms with van der Waals surface area (Å²) in [6.45, 7) is 3.08. The molecule has 0 amide bonds. The molecule has 0 unspecified atom stereocenters. The van der Waals surface area contributed by atoms with E-state index in [-0.39, 0.29) is 23.1 Å². The number of ether oxygens (including phenoxy) is 2. The molecular weight excluding hydrogens is 436 g/mol. The Morgan fingerprint density at radius 1 is 1.12 bits per heavy atom. The Labute approximate surface area is 195 Å². The topological polar surface area (TPSA) is 115 Å². The Morgan fingerprint density at radius 2 is 1.88 bits per heavy atom. The van der Waals surface area contributed by atoms with Crippen LogP contribution < -0.4 is 10.2 Å². The maximum absolute atomic E-state index is 12.6. The van der Waals surface area contributed by atoms with Crippen molar-refractivity contribution in [2.75, 3.05) is 43.6 Å². The average Bonchev–Trinajstić information content (AvgIpc) is 3.26. The minimum absolute atomic E-state index is 0.0412. The van der Waals surface area contributed by atoms with Crippen LogP contribution in [0.4, 0.5) is 17.2 Å². The number of anilines is 3. The van der Waals surface area contributed by atoms with Gasteiger partial charge >= 0.3 is 5.97 Å². The summed E-state index contributed by atoms with van der Waals surface area (Å²) in [6, 6.07) is 13.2. The molecule has 1 saturated heterocycles. The zero-order chi connectivity index (χ0) is 23.7. The molecule has 10 heteroatoms. The van der Waals surface area contributed by atoms with E-state index in [2.05, 4.69) is 25.2 Å². The van der Waals surface area contributed by atoms with E-state index in [0.29, 0.717) is 30.0 Å². The van der Waals surface area contributed by atoms with Gasteiger partial charge in [-0.05, 0) is 30.3 Å². The maximum Gasteiger partial charge on any atom is 0.360 e. The third-order valence-corrected chi connectivity index (χ3v) is 5.77. The molecule has 3 heterocycles. The monoisotopic (exact) mass is 460 g/mol.